The van der Waals surface area contributed by atoms with Crippen molar-refractivity contribution in [2.24, 2.45) is 0 Å². The molecule has 5 nitrogen and oxygen atoms in total. The van der Waals surface area contributed by atoms with Gasteiger partial charge in [-0.05, 0) is 12.5 Å². The molecule has 1 aromatic carbocycles. The second kappa shape index (κ2) is 8.79. The fraction of sp³-hybridized carbons (Fsp3) is 0.375. The van der Waals surface area contributed by atoms with Gasteiger partial charge in [-0.1, -0.05) is 43.0 Å². The van der Waals surface area contributed by atoms with Crippen molar-refractivity contribution in [2.75, 3.05) is 13.7 Å². The molecule has 0 aliphatic carbocycles. The minimum absolute atomic E-state index is 0.116. The largest absolute Gasteiger partial charge is 0.461 e. The van der Waals surface area contributed by atoms with E-state index in [1.165, 1.54) is 11.0 Å². The molecule has 0 saturated carbocycles. The summed E-state index contributed by atoms with van der Waals surface area (Å²) >= 11 is 0. The second-order valence-electron chi connectivity index (χ2n) is 4.68. The van der Waals surface area contributed by atoms with Crippen molar-refractivity contribution in [3.05, 3.63) is 48.6 Å². The lowest BCUT2D eigenvalue weighted by molar-refractivity contribution is -0.143. The monoisotopic (exact) mass is 291 g/mol. The molecule has 0 aliphatic rings. The molecule has 1 amide bonds. The molecule has 0 heterocycles. The zero-order chi connectivity index (χ0) is 15.7. The van der Waals surface area contributed by atoms with Crippen LogP contribution in [-0.2, 0) is 20.9 Å². The van der Waals surface area contributed by atoms with Crippen LogP contribution in [0.15, 0.2) is 43.0 Å². The highest BCUT2D eigenvalue weighted by atomic mass is 16.6. The highest BCUT2D eigenvalue weighted by molar-refractivity contribution is 5.72. The van der Waals surface area contributed by atoms with Crippen LogP contribution in [0.5, 0.6) is 0 Å². The minimum Gasteiger partial charge on any atom is -0.461 e. The van der Waals surface area contributed by atoms with Gasteiger partial charge in [0.1, 0.15) is 13.2 Å². The third-order valence-corrected chi connectivity index (χ3v) is 2.98. The molecule has 0 radical (unpaired) electrons. The maximum Gasteiger partial charge on any atom is 0.410 e. The van der Waals surface area contributed by atoms with Gasteiger partial charge in [-0.15, -0.1) is 0 Å². The maximum atomic E-state index is 11.9. The van der Waals surface area contributed by atoms with Crippen LogP contribution in [0.1, 0.15) is 18.9 Å². The van der Waals surface area contributed by atoms with Crippen molar-refractivity contribution < 1.29 is 19.1 Å². The Morgan fingerprint density at radius 1 is 1.29 bits per heavy atom. The first kappa shape index (κ1) is 16.8. The summed E-state index contributed by atoms with van der Waals surface area (Å²) < 4.78 is 10.1. The summed E-state index contributed by atoms with van der Waals surface area (Å²) in [5, 5.41) is 0. The van der Waals surface area contributed by atoms with E-state index in [-0.39, 0.29) is 31.6 Å². The van der Waals surface area contributed by atoms with Gasteiger partial charge >= 0.3 is 12.1 Å². The summed E-state index contributed by atoms with van der Waals surface area (Å²) in [6.45, 7) is 5.61. The van der Waals surface area contributed by atoms with E-state index in [1.807, 2.05) is 30.3 Å². The van der Waals surface area contributed by atoms with Gasteiger partial charge in [0.05, 0.1) is 6.42 Å². The van der Waals surface area contributed by atoms with Gasteiger partial charge in [-0.2, -0.15) is 0 Å². The Hall–Kier alpha value is -2.30. The summed E-state index contributed by atoms with van der Waals surface area (Å²) in [5.41, 5.74) is 0.914. The molecule has 5 heteroatoms. The Morgan fingerprint density at radius 3 is 2.57 bits per heavy atom. The summed E-state index contributed by atoms with van der Waals surface area (Å²) in [6.07, 6.45) is 1.15. The second-order valence-corrected chi connectivity index (χ2v) is 4.68. The number of carbonyl (C=O) groups is 2. The standard InChI is InChI=1S/C16H21NO4/c1-4-10-20-15(18)11-13(2)17(3)16(19)21-12-14-8-6-5-7-9-14/h4-9,13H,1,10-12H2,2-3H3/t13-/m0/s1. The van der Waals surface area contributed by atoms with Crippen molar-refractivity contribution in [1.82, 2.24) is 4.90 Å². The van der Waals surface area contributed by atoms with E-state index in [9.17, 15) is 9.59 Å². The number of carbonyl (C=O) groups excluding carboxylic acids is 2. The number of nitrogens with zero attached hydrogens (tertiary/aromatic N) is 1. The van der Waals surface area contributed by atoms with Crippen LogP contribution >= 0.6 is 0 Å². The molecule has 21 heavy (non-hydrogen) atoms. The van der Waals surface area contributed by atoms with Crippen LogP contribution in [0.4, 0.5) is 4.79 Å². The predicted octanol–water partition coefficient (Wildman–Crippen LogP) is 2.76. The van der Waals surface area contributed by atoms with Crippen molar-refractivity contribution >= 4 is 12.1 Å². The molecular weight excluding hydrogens is 270 g/mol. The molecular formula is C16H21NO4. The van der Waals surface area contributed by atoms with Crippen molar-refractivity contribution in [1.29, 1.82) is 0 Å². The minimum atomic E-state index is -0.470. The number of amides is 1. The van der Waals surface area contributed by atoms with Crippen LogP contribution < -0.4 is 0 Å². The molecule has 0 spiro atoms. The van der Waals surface area contributed by atoms with E-state index in [1.54, 1.807) is 14.0 Å². The van der Waals surface area contributed by atoms with E-state index in [2.05, 4.69) is 6.58 Å². The van der Waals surface area contributed by atoms with Gasteiger partial charge in [0.2, 0.25) is 0 Å². The number of ether oxygens (including phenoxy) is 2. The molecule has 0 saturated heterocycles. The van der Waals surface area contributed by atoms with Crippen molar-refractivity contribution in [3.8, 4) is 0 Å². The van der Waals surface area contributed by atoms with E-state index in [0.717, 1.165) is 5.56 Å². The topological polar surface area (TPSA) is 55.8 Å². The molecule has 114 valence electrons. The lowest BCUT2D eigenvalue weighted by atomic mass is 10.2. The smallest absolute Gasteiger partial charge is 0.410 e. The first-order valence-electron chi connectivity index (χ1n) is 6.74. The first-order chi connectivity index (χ1) is 10.0. The molecule has 0 aromatic heterocycles. The number of hydrogen-bond acceptors (Lipinski definition) is 4. The van der Waals surface area contributed by atoms with E-state index in [0.29, 0.717) is 0 Å². The zero-order valence-corrected chi connectivity index (χ0v) is 12.5. The Bertz CT molecular complexity index is 472. The summed E-state index contributed by atoms with van der Waals surface area (Å²) in [7, 11) is 1.60. The van der Waals surface area contributed by atoms with Gasteiger partial charge in [0.15, 0.2) is 0 Å². The Balaban J connectivity index is 2.38. The highest BCUT2D eigenvalue weighted by Gasteiger charge is 2.20. The fourth-order valence-corrected chi connectivity index (χ4v) is 1.59. The number of benzene rings is 1. The van der Waals surface area contributed by atoms with Crippen LogP contribution in [0.25, 0.3) is 0 Å². The van der Waals surface area contributed by atoms with E-state index in [4.69, 9.17) is 9.47 Å². The van der Waals surface area contributed by atoms with Gasteiger partial charge in [0, 0.05) is 13.1 Å². The first-order valence-corrected chi connectivity index (χ1v) is 6.74. The van der Waals surface area contributed by atoms with Gasteiger partial charge in [0.25, 0.3) is 0 Å². The summed E-state index contributed by atoms with van der Waals surface area (Å²) in [5.74, 6) is -0.370. The van der Waals surface area contributed by atoms with E-state index >= 15 is 0 Å². The van der Waals surface area contributed by atoms with E-state index < -0.39 is 6.09 Å². The average molecular weight is 291 g/mol. The number of esters is 1. The third kappa shape index (κ3) is 6.12. The molecule has 0 fully saturated rings. The van der Waals surface area contributed by atoms with Crippen molar-refractivity contribution in [3.63, 3.8) is 0 Å². The van der Waals surface area contributed by atoms with Gasteiger partial charge < -0.3 is 14.4 Å². The van der Waals surface area contributed by atoms with Crippen LogP contribution in [0, 0.1) is 0 Å². The zero-order valence-electron chi connectivity index (χ0n) is 12.5. The fourth-order valence-electron chi connectivity index (χ4n) is 1.59. The number of hydrogen-bond donors (Lipinski definition) is 0. The molecule has 0 aliphatic heterocycles. The Morgan fingerprint density at radius 2 is 1.95 bits per heavy atom. The molecule has 1 aromatic rings. The maximum absolute atomic E-state index is 11.9. The van der Waals surface area contributed by atoms with Crippen LogP contribution in [0.2, 0.25) is 0 Å². The van der Waals surface area contributed by atoms with Crippen LogP contribution in [-0.4, -0.2) is 36.7 Å². The normalized spacial score (nSPS) is 11.3. The molecule has 1 atom stereocenters. The highest BCUT2D eigenvalue weighted by Crippen LogP contribution is 2.07. The summed E-state index contributed by atoms with van der Waals surface area (Å²) in [4.78, 5) is 24.7. The number of rotatable bonds is 7. The lowest BCUT2D eigenvalue weighted by Crippen LogP contribution is -2.37. The quantitative estimate of drug-likeness (QED) is 0.572. The van der Waals surface area contributed by atoms with Crippen molar-refractivity contribution in [2.45, 2.75) is 26.0 Å². The average Bonchev–Trinajstić information content (AvgIpc) is 2.50. The summed E-state index contributed by atoms with van der Waals surface area (Å²) in [6, 6.07) is 9.11. The molecule has 0 bridgehead atoms. The third-order valence-electron chi connectivity index (χ3n) is 2.98. The lowest BCUT2D eigenvalue weighted by Gasteiger charge is -2.23. The molecule has 0 N–H and O–H groups in total. The Kier molecular flexibility index (Phi) is 7.01. The predicted molar refractivity (Wildman–Crippen MR) is 79.6 cm³/mol. The van der Waals surface area contributed by atoms with Crippen LogP contribution in [0.3, 0.4) is 0 Å². The molecule has 1 rings (SSSR count). The Labute approximate surface area is 125 Å². The SMILES string of the molecule is C=CCOC(=O)C[C@H](C)N(C)C(=O)OCc1ccccc1. The van der Waals surface area contributed by atoms with Gasteiger partial charge in [-0.25, -0.2) is 4.79 Å². The van der Waals surface area contributed by atoms with Gasteiger partial charge in [-0.3, -0.25) is 4.79 Å². The molecule has 0 unspecified atom stereocenters.